The fraction of sp³-hybridized carbons (Fsp3) is 0.667. The lowest BCUT2D eigenvalue weighted by Crippen LogP contribution is -2.31. The molecule has 0 amide bonds. The highest BCUT2D eigenvalue weighted by Gasteiger charge is 1.94. The summed E-state index contributed by atoms with van der Waals surface area (Å²) in [6.07, 6.45) is 1.95. The zero-order valence-electron chi connectivity index (χ0n) is 7.20. The smallest absolute Gasteiger partial charge is 0.134 e. The Morgan fingerprint density at radius 1 is 1.23 bits per heavy atom. The molecule has 0 radical (unpaired) electrons. The van der Waals surface area contributed by atoms with Crippen molar-refractivity contribution in [2.24, 2.45) is 0 Å². The molecule has 0 bridgehead atoms. The summed E-state index contributed by atoms with van der Waals surface area (Å²) in [5, 5.41) is 6.86. The molecule has 0 unspecified atom stereocenters. The third-order valence-corrected chi connectivity index (χ3v) is 3.62. The molecule has 0 aliphatic heterocycles. The zero-order valence-corrected chi connectivity index (χ0v) is 11.4. The van der Waals surface area contributed by atoms with Crippen LogP contribution in [0.1, 0.15) is 0 Å². The van der Waals surface area contributed by atoms with Crippen LogP contribution in [0.5, 0.6) is 0 Å². The molecule has 0 aromatic rings. The van der Waals surface area contributed by atoms with Crippen molar-refractivity contribution >= 4 is 69.2 Å². The second-order valence-corrected chi connectivity index (χ2v) is 5.79. The summed E-state index contributed by atoms with van der Waals surface area (Å²) in [6, 6.07) is 0. The summed E-state index contributed by atoms with van der Waals surface area (Å²) in [7, 11) is 0. The summed E-state index contributed by atoms with van der Waals surface area (Å²) in [4.78, 5) is 0. The minimum absolute atomic E-state index is 0.711. The lowest BCUT2D eigenvalue weighted by Gasteiger charge is -2.07. The minimum atomic E-state index is 0.711. The third-order valence-electron chi connectivity index (χ3n) is 1.04. The molecule has 0 spiro atoms. The van der Waals surface area contributed by atoms with E-state index in [1.807, 2.05) is 6.26 Å². The second-order valence-electron chi connectivity index (χ2n) is 1.91. The van der Waals surface area contributed by atoms with Crippen LogP contribution >= 0.6 is 60.6 Å². The van der Waals surface area contributed by atoms with Gasteiger partial charge in [0.25, 0.3) is 0 Å². The first-order valence-electron chi connectivity index (χ1n) is 3.54. The Labute approximate surface area is 104 Å². The molecule has 0 saturated heterocycles. The molecule has 0 aromatic carbocycles. The highest BCUT2D eigenvalue weighted by atomic mass is 32.2. The molecule has 0 heterocycles. The maximum atomic E-state index is 5.00. The summed E-state index contributed by atoms with van der Waals surface area (Å²) in [5.41, 5.74) is 0. The van der Waals surface area contributed by atoms with Crippen LogP contribution in [0.15, 0.2) is 0 Å². The molecule has 0 saturated carbocycles. The van der Waals surface area contributed by atoms with Crippen molar-refractivity contribution in [2.45, 2.75) is 0 Å². The van der Waals surface area contributed by atoms with Gasteiger partial charge in [-0.1, -0.05) is 36.2 Å². The molecule has 0 aliphatic rings. The fourth-order valence-corrected chi connectivity index (χ4v) is 2.11. The van der Waals surface area contributed by atoms with Crippen LogP contribution in [0.3, 0.4) is 0 Å². The van der Waals surface area contributed by atoms with E-state index in [1.165, 1.54) is 23.5 Å². The van der Waals surface area contributed by atoms with Gasteiger partial charge in [-0.25, -0.2) is 0 Å². The average Bonchev–Trinajstić information content (AvgIpc) is 2.12. The zero-order chi connectivity index (χ0) is 10.1. The van der Waals surface area contributed by atoms with Gasteiger partial charge in [0.1, 0.15) is 8.64 Å². The molecule has 13 heavy (non-hydrogen) atoms. The number of rotatable bonds is 4. The standard InChI is InChI=1S/C6H12N2S5/c1-12-5(10)7-2-3-8-6(11)13-4-9/h9H,2-4H2,1H3,(H,7,10)(H,8,11). The summed E-state index contributed by atoms with van der Waals surface area (Å²) in [5.74, 6) is 0. The van der Waals surface area contributed by atoms with E-state index in [0.29, 0.717) is 5.08 Å². The molecule has 0 aliphatic carbocycles. The molecular weight excluding hydrogens is 260 g/mol. The molecule has 2 N–H and O–H groups in total. The number of nitrogens with one attached hydrogen (secondary N) is 2. The van der Waals surface area contributed by atoms with Crippen molar-refractivity contribution < 1.29 is 0 Å². The summed E-state index contributed by atoms with van der Waals surface area (Å²) in [6.45, 7) is 1.59. The monoisotopic (exact) mass is 272 g/mol. The van der Waals surface area contributed by atoms with Crippen LogP contribution in [-0.2, 0) is 0 Å². The second kappa shape index (κ2) is 9.39. The SMILES string of the molecule is CSC(=S)NCCNC(=S)SCS. The first-order valence-corrected chi connectivity index (χ1v) is 7.20. The Morgan fingerprint density at radius 3 is 2.23 bits per heavy atom. The Bertz CT molecular complexity index is 172. The number of thiocarbonyl (C=S) groups is 2. The Morgan fingerprint density at radius 2 is 1.77 bits per heavy atom. The van der Waals surface area contributed by atoms with Gasteiger partial charge >= 0.3 is 0 Å². The van der Waals surface area contributed by atoms with Gasteiger partial charge in [0.2, 0.25) is 0 Å². The van der Waals surface area contributed by atoms with Crippen molar-refractivity contribution in [1.82, 2.24) is 10.6 Å². The number of thioether (sulfide) groups is 2. The first kappa shape index (κ1) is 13.8. The van der Waals surface area contributed by atoms with E-state index in [2.05, 4.69) is 23.3 Å². The van der Waals surface area contributed by atoms with Gasteiger partial charge in [0.05, 0.1) is 0 Å². The normalized spacial score (nSPS) is 9.38. The van der Waals surface area contributed by atoms with Crippen LogP contribution in [0.2, 0.25) is 0 Å². The van der Waals surface area contributed by atoms with Gasteiger partial charge in [-0.15, -0.1) is 11.8 Å². The number of thiol groups is 1. The molecule has 7 heteroatoms. The van der Waals surface area contributed by atoms with Gasteiger partial charge < -0.3 is 10.6 Å². The minimum Gasteiger partial charge on any atom is -0.369 e. The molecule has 0 fully saturated rings. The quantitative estimate of drug-likeness (QED) is 0.312. The van der Waals surface area contributed by atoms with E-state index in [4.69, 9.17) is 24.4 Å². The van der Waals surface area contributed by atoms with Crippen molar-refractivity contribution in [1.29, 1.82) is 0 Å². The van der Waals surface area contributed by atoms with Crippen molar-refractivity contribution in [3.05, 3.63) is 0 Å². The maximum absolute atomic E-state index is 5.00. The van der Waals surface area contributed by atoms with Crippen LogP contribution < -0.4 is 10.6 Å². The van der Waals surface area contributed by atoms with Crippen molar-refractivity contribution in [3.8, 4) is 0 Å². The molecule has 0 rings (SSSR count). The number of hydrogen-bond acceptors (Lipinski definition) is 5. The first-order chi connectivity index (χ1) is 6.20. The van der Waals surface area contributed by atoms with Crippen molar-refractivity contribution in [2.75, 3.05) is 24.4 Å². The fourth-order valence-electron chi connectivity index (χ4n) is 0.511. The van der Waals surface area contributed by atoms with Gasteiger partial charge in [0, 0.05) is 18.2 Å². The lowest BCUT2D eigenvalue weighted by atomic mass is 10.6. The molecule has 0 atom stereocenters. The predicted molar refractivity (Wildman–Crippen MR) is 76.2 cm³/mol. The Hall–Kier alpha value is 0.830. The third kappa shape index (κ3) is 9.14. The van der Waals surface area contributed by atoms with E-state index in [0.717, 1.165) is 21.7 Å². The van der Waals surface area contributed by atoms with Gasteiger partial charge in [-0.2, -0.15) is 12.6 Å². The van der Waals surface area contributed by atoms with Gasteiger partial charge in [-0.3, -0.25) is 0 Å². The highest BCUT2D eigenvalue weighted by molar-refractivity contribution is 8.27. The van der Waals surface area contributed by atoms with Crippen LogP contribution in [0, 0.1) is 0 Å². The van der Waals surface area contributed by atoms with E-state index in [-0.39, 0.29) is 0 Å². The Kier molecular flexibility index (Phi) is 9.99. The van der Waals surface area contributed by atoms with E-state index >= 15 is 0 Å². The van der Waals surface area contributed by atoms with E-state index in [1.54, 1.807) is 0 Å². The largest absolute Gasteiger partial charge is 0.369 e. The predicted octanol–water partition coefficient (Wildman–Crippen LogP) is 1.72. The van der Waals surface area contributed by atoms with Gasteiger partial charge in [-0.05, 0) is 6.26 Å². The van der Waals surface area contributed by atoms with Crippen LogP contribution in [0.25, 0.3) is 0 Å². The maximum Gasteiger partial charge on any atom is 0.134 e. The van der Waals surface area contributed by atoms with Crippen LogP contribution in [0.4, 0.5) is 0 Å². The van der Waals surface area contributed by atoms with E-state index < -0.39 is 0 Å². The average molecular weight is 273 g/mol. The highest BCUT2D eigenvalue weighted by Crippen LogP contribution is 2.02. The molecule has 0 aromatic heterocycles. The van der Waals surface area contributed by atoms with Gasteiger partial charge in [0.15, 0.2) is 0 Å². The summed E-state index contributed by atoms with van der Waals surface area (Å²) >= 11 is 17.1. The molecule has 76 valence electrons. The molecular formula is C6H12N2S5. The van der Waals surface area contributed by atoms with Crippen LogP contribution in [-0.4, -0.2) is 33.1 Å². The topological polar surface area (TPSA) is 24.1 Å². The van der Waals surface area contributed by atoms with Crippen molar-refractivity contribution in [3.63, 3.8) is 0 Å². The lowest BCUT2D eigenvalue weighted by molar-refractivity contribution is 0.833. The summed E-state index contributed by atoms with van der Waals surface area (Å²) < 4.78 is 1.60. The Balaban J connectivity index is 3.25. The molecule has 2 nitrogen and oxygen atoms in total. The number of hydrogen-bond donors (Lipinski definition) is 3. The van der Waals surface area contributed by atoms with E-state index in [9.17, 15) is 0 Å².